The molecule has 0 aliphatic carbocycles. The topological polar surface area (TPSA) is 44.8 Å². The second-order valence-electron chi connectivity index (χ2n) is 7.53. The van der Waals surface area contributed by atoms with Gasteiger partial charge in [0.25, 0.3) is 0 Å². The van der Waals surface area contributed by atoms with Crippen LogP contribution in [0.1, 0.15) is 11.6 Å². The molecule has 0 aromatic heterocycles. The van der Waals surface area contributed by atoms with Crippen molar-refractivity contribution < 1.29 is 13.9 Å². The number of carbonyl (C=O) groups is 1. The molecule has 4 rings (SSSR count). The van der Waals surface area contributed by atoms with Crippen molar-refractivity contribution in [2.75, 3.05) is 43.5 Å². The number of nitrogens with zero attached hydrogens (tertiary/aromatic N) is 2. The standard InChI is InChI=1S/C25H26FN3O2/c1-31-23-9-5-8-21(18-23)27-25(30)24(19-6-3-2-4-7-19)29-16-14-28(15-17-29)22-12-10-20(26)11-13-22/h2-13,18,24H,14-17H2,1H3,(H,27,30)/t24-/m0/s1. The van der Waals surface area contributed by atoms with Gasteiger partial charge in [-0.1, -0.05) is 36.4 Å². The number of anilines is 2. The number of benzene rings is 3. The predicted molar refractivity (Wildman–Crippen MR) is 121 cm³/mol. The molecule has 1 aliphatic heterocycles. The average molecular weight is 420 g/mol. The molecule has 1 fully saturated rings. The van der Waals surface area contributed by atoms with Crippen LogP contribution in [0, 0.1) is 5.82 Å². The Morgan fingerprint density at radius 2 is 1.65 bits per heavy atom. The van der Waals surface area contributed by atoms with Gasteiger partial charge in [-0.15, -0.1) is 0 Å². The predicted octanol–water partition coefficient (Wildman–Crippen LogP) is 4.34. The molecule has 6 heteroatoms. The summed E-state index contributed by atoms with van der Waals surface area (Å²) in [5.74, 6) is 0.386. The van der Waals surface area contributed by atoms with E-state index in [1.165, 1.54) is 12.1 Å². The van der Waals surface area contributed by atoms with Crippen LogP contribution in [0.2, 0.25) is 0 Å². The lowest BCUT2D eigenvalue weighted by Gasteiger charge is -2.39. The Morgan fingerprint density at radius 1 is 0.935 bits per heavy atom. The molecule has 31 heavy (non-hydrogen) atoms. The van der Waals surface area contributed by atoms with Crippen LogP contribution < -0.4 is 15.0 Å². The van der Waals surface area contributed by atoms with E-state index in [9.17, 15) is 9.18 Å². The second kappa shape index (κ2) is 9.62. The van der Waals surface area contributed by atoms with Gasteiger partial charge >= 0.3 is 0 Å². The number of nitrogens with one attached hydrogen (secondary N) is 1. The maximum absolute atomic E-state index is 13.4. The summed E-state index contributed by atoms with van der Waals surface area (Å²) < 4.78 is 18.5. The summed E-state index contributed by atoms with van der Waals surface area (Å²) >= 11 is 0. The minimum absolute atomic E-state index is 0.0744. The van der Waals surface area contributed by atoms with Crippen LogP contribution in [0.5, 0.6) is 5.75 Å². The maximum Gasteiger partial charge on any atom is 0.246 e. The molecule has 3 aromatic carbocycles. The van der Waals surface area contributed by atoms with Gasteiger partial charge in [-0.05, 0) is 42.0 Å². The summed E-state index contributed by atoms with van der Waals surface area (Å²) in [6.07, 6.45) is 0. The highest BCUT2D eigenvalue weighted by molar-refractivity contribution is 5.95. The first-order valence-corrected chi connectivity index (χ1v) is 10.4. The molecule has 1 atom stereocenters. The zero-order chi connectivity index (χ0) is 21.6. The lowest BCUT2D eigenvalue weighted by Crippen LogP contribution is -2.50. The molecule has 1 N–H and O–H groups in total. The minimum Gasteiger partial charge on any atom is -0.497 e. The number of hydrogen-bond donors (Lipinski definition) is 1. The lowest BCUT2D eigenvalue weighted by molar-refractivity contribution is -0.121. The fourth-order valence-electron chi connectivity index (χ4n) is 3.97. The number of rotatable bonds is 6. The fourth-order valence-corrected chi connectivity index (χ4v) is 3.97. The summed E-state index contributed by atoms with van der Waals surface area (Å²) in [6, 6.07) is 23.4. The highest BCUT2D eigenvalue weighted by Crippen LogP contribution is 2.27. The van der Waals surface area contributed by atoms with E-state index in [0.29, 0.717) is 11.4 Å². The third kappa shape index (κ3) is 5.03. The Kier molecular flexibility index (Phi) is 6.48. The Labute approximate surface area is 182 Å². The summed E-state index contributed by atoms with van der Waals surface area (Å²) in [5, 5.41) is 3.05. The van der Waals surface area contributed by atoms with Crippen molar-refractivity contribution in [3.8, 4) is 5.75 Å². The van der Waals surface area contributed by atoms with E-state index >= 15 is 0 Å². The van der Waals surface area contributed by atoms with Crippen LogP contribution in [0.25, 0.3) is 0 Å². The first kappa shape index (κ1) is 20.9. The summed E-state index contributed by atoms with van der Waals surface area (Å²) in [7, 11) is 1.61. The zero-order valence-corrected chi connectivity index (χ0v) is 17.5. The largest absolute Gasteiger partial charge is 0.497 e. The molecule has 5 nitrogen and oxygen atoms in total. The molecule has 0 saturated carbocycles. The van der Waals surface area contributed by atoms with E-state index in [1.807, 2.05) is 54.6 Å². The Morgan fingerprint density at radius 3 is 2.32 bits per heavy atom. The van der Waals surface area contributed by atoms with Gasteiger partial charge < -0.3 is 15.0 Å². The summed E-state index contributed by atoms with van der Waals surface area (Å²) in [5.41, 5.74) is 2.66. The molecule has 0 bridgehead atoms. The molecular formula is C25H26FN3O2. The number of piperazine rings is 1. The first-order chi connectivity index (χ1) is 15.1. The molecule has 160 valence electrons. The Hall–Kier alpha value is -3.38. The monoisotopic (exact) mass is 419 g/mol. The van der Waals surface area contributed by atoms with Crippen molar-refractivity contribution in [2.45, 2.75) is 6.04 Å². The molecular weight excluding hydrogens is 393 g/mol. The van der Waals surface area contributed by atoms with Crippen molar-refractivity contribution in [1.29, 1.82) is 0 Å². The molecule has 1 heterocycles. The van der Waals surface area contributed by atoms with Crippen LogP contribution in [0.4, 0.5) is 15.8 Å². The number of methoxy groups -OCH3 is 1. The normalized spacial score (nSPS) is 15.4. The van der Waals surface area contributed by atoms with E-state index in [1.54, 1.807) is 19.2 Å². The van der Waals surface area contributed by atoms with E-state index in [0.717, 1.165) is 37.4 Å². The van der Waals surface area contributed by atoms with Crippen molar-refractivity contribution >= 4 is 17.3 Å². The average Bonchev–Trinajstić information content (AvgIpc) is 2.81. The molecule has 1 aliphatic rings. The van der Waals surface area contributed by atoms with Gasteiger partial charge in [0, 0.05) is 43.6 Å². The molecule has 3 aromatic rings. The van der Waals surface area contributed by atoms with Crippen LogP contribution in [0.15, 0.2) is 78.9 Å². The van der Waals surface area contributed by atoms with Gasteiger partial charge in [0.2, 0.25) is 5.91 Å². The molecule has 0 spiro atoms. The number of carbonyl (C=O) groups excluding carboxylic acids is 1. The third-order valence-corrected chi connectivity index (χ3v) is 5.57. The van der Waals surface area contributed by atoms with Crippen molar-refractivity contribution in [3.63, 3.8) is 0 Å². The van der Waals surface area contributed by atoms with Gasteiger partial charge in [-0.2, -0.15) is 0 Å². The SMILES string of the molecule is COc1cccc(NC(=O)[C@H](c2ccccc2)N2CCN(c3ccc(F)cc3)CC2)c1. The first-order valence-electron chi connectivity index (χ1n) is 10.4. The molecule has 1 amide bonds. The van der Waals surface area contributed by atoms with Crippen molar-refractivity contribution in [1.82, 2.24) is 4.90 Å². The minimum atomic E-state index is -0.400. The van der Waals surface area contributed by atoms with Gasteiger partial charge in [0.15, 0.2) is 0 Å². The number of hydrogen-bond acceptors (Lipinski definition) is 4. The van der Waals surface area contributed by atoms with E-state index in [4.69, 9.17) is 4.74 Å². The summed E-state index contributed by atoms with van der Waals surface area (Å²) in [4.78, 5) is 17.8. The number of ether oxygens (including phenoxy) is 1. The number of halogens is 1. The van der Waals surface area contributed by atoms with E-state index in [-0.39, 0.29) is 11.7 Å². The van der Waals surface area contributed by atoms with Crippen molar-refractivity contribution in [2.24, 2.45) is 0 Å². The highest BCUT2D eigenvalue weighted by atomic mass is 19.1. The quantitative estimate of drug-likeness (QED) is 0.646. The van der Waals surface area contributed by atoms with E-state index < -0.39 is 6.04 Å². The molecule has 0 unspecified atom stereocenters. The lowest BCUT2D eigenvalue weighted by atomic mass is 10.0. The van der Waals surface area contributed by atoms with Crippen LogP contribution in [0.3, 0.4) is 0 Å². The second-order valence-corrected chi connectivity index (χ2v) is 7.53. The summed E-state index contributed by atoms with van der Waals surface area (Å²) in [6.45, 7) is 2.98. The van der Waals surface area contributed by atoms with Crippen LogP contribution >= 0.6 is 0 Å². The van der Waals surface area contributed by atoms with Gasteiger partial charge in [0.05, 0.1) is 7.11 Å². The maximum atomic E-state index is 13.4. The molecule has 0 radical (unpaired) electrons. The zero-order valence-electron chi connectivity index (χ0n) is 17.5. The highest BCUT2D eigenvalue weighted by Gasteiger charge is 2.30. The fraction of sp³-hybridized carbons (Fsp3) is 0.240. The number of amides is 1. The van der Waals surface area contributed by atoms with Gasteiger partial charge in [0.1, 0.15) is 17.6 Å². The van der Waals surface area contributed by atoms with Crippen molar-refractivity contribution in [3.05, 3.63) is 90.2 Å². The molecule has 1 saturated heterocycles. The Balaban J connectivity index is 1.50. The van der Waals surface area contributed by atoms with Gasteiger partial charge in [-0.3, -0.25) is 9.69 Å². The Bertz CT molecular complexity index is 1000. The van der Waals surface area contributed by atoms with Gasteiger partial charge in [-0.25, -0.2) is 4.39 Å². The van der Waals surface area contributed by atoms with E-state index in [2.05, 4.69) is 15.1 Å². The van der Waals surface area contributed by atoms with Crippen LogP contribution in [-0.4, -0.2) is 44.1 Å². The third-order valence-electron chi connectivity index (χ3n) is 5.57. The van der Waals surface area contributed by atoms with Crippen LogP contribution in [-0.2, 0) is 4.79 Å². The smallest absolute Gasteiger partial charge is 0.246 e.